The van der Waals surface area contributed by atoms with Crippen molar-refractivity contribution in [2.24, 2.45) is 0 Å². The fourth-order valence-corrected chi connectivity index (χ4v) is 2.59. The molecule has 0 aliphatic rings. The number of rotatable bonds is 6. The highest BCUT2D eigenvalue weighted by atomic mass is 14.1. The molecule has 0 spiro atoms. The molecule has 158 valence electrons. The van der Waals surface area contributed by atoms with E-state index in [0.717, 1.165) is 5.57 Å². The Morgan fingerprint density at radius 1 is 0.897 bits per heavy atom. The summed E-state index contributed by atoms with van der Waals surface area (Å²) in [7, 11) is 0. The molecule has 1 aromatic carbocycles. The summed E-state index contributed by atoms with van der Waals surface area (Å²) in [6, 6.07) is 6.52. The van der Waals surface area contributed by atoms with Crippen molar-refractivity contribution in [1.82, 2.24) is 0 Å². The van der Waals surface area contributed by atoms with E-state index in [-0.39, 0.29) is 0 Å². The minimum absolute atomic E-state index is 1.11. The number of benzene rings is 1. The Morgan fingerprint density at radius 2 is 1.48 bits per heavy atom. The van der Waals surface area contributed by atoms with Crippen molar-refractivity contribution in [2.45, 2.75) is 62.3 Å². The zero-order valence-electron chi connectivity index (χ0n) is 20.3. The lowest BCUT2D eigenvalue weighted by Crippen LogP contribution is -1.90. The summed E-state index contributed by atoms with van der Waals surface area (Å²) in [5.74, 6) is 0. The number of aryl methyl sites for hydroxylation is 1. The molecule has 0 bridgehead atoms. The second kappa shape index (κ2) is 16.4. The first-order valence-corrected chi connectivity index (χ1v) is 10.3. The molecule has 0 aliphatic carbocycles. The SMILES string of the molecule is C=C/C=C(/C)C=C(C)C.C=C/C=C\C(C)=C(/C)c1ccc(C(=C)C)cc1C.CC. The van der Waals surface area contributed by atoms with Gasteiger partial charge in [-0.3, -0.25) is 0 Å². The van der Waals surface area contributed by atoms with E-state index in [0.29, 0.717) is 0 Å². The summed E-state index contributed by atoms with van der Waals surface area (Å²) in [6.45, 7) is 30.0. The van der Waals surface area contributed by atoms with Crippen LogP contribution in [0.2, 0.25) is 0 Å². The van der Waals surface area contributed by atoms with Gasteiger partial charge >= 0.3 is 0 Å². The van der Waals surface area contributed by atoms with E-state index in [9.17, 15) is 0 Å². The van der Waals surface area contributed by atoms with Crippen molar-refractivity contribution >= 4 is 11.1 Å². The summed E-state index contributed by atoms with van der Waals surface area (Å²) in [5, 5.41) is 0. The normalized spacial score (nSPS) is 11.3. The molecule has 0 fully saturated rings. The standard InChI is InChI=1S/C18H22.C9H14.C2H6/c1-7-8-9-14(4)16(6)18-11-10-17(13(2)3)12-15(18)5;1-5-6-9(4)7-8(2)3;1-2/h7-12H,1-2H2,3-6H3;5-7H,1H2,2-4H3;1-2H3/b9-8-,16-14+;9-6-;. The first kappa shape index (κ1) is 28.6. The first-order chi connectivity index (χ1) is 13.6. The minimum Gasteiger partial charge on any atom is -0.0991 e. The Hall–Kier alpha value is -2.60. The molecule has 0 radical (unpaired) electrons. The Morgan fingerprint density at radius 3 is 1.90 bits per heavy atom. The summed E-state index contributed by atoms with van der Waals surface area (Å²) in [6.07, 6.45) is 11.8. The Balaban J connectivity index is 0. The van der Waals surface area contributed by atoms with Gasteiger partial charge in [0.15, 0.2) is 0 Å². The molecule has 0 nitrogen and oxygen atoms in total. The largest absolute Gasteiger partial charge is 0.0991 e. The van der Waals surface area contributed by atoms with E-state index in [1.54, 1.807) is 12.2 Å². The van der Waals surface area contributed by atoms with Gasteiger partial charge in [-0.25, -0.2) is 0 Å². The third kappa shape index (κ3) is 12.5. The Kier molecular flexibility index (Phi) is 16.1. The third-order valence-electron chi connectivity index (χ3n) is 4.09. The van der Waals surface area contributed by atoms with E-state index in [1.165, 1.54) is 39.0 Å². The highest BCUT2D eigenvalue weighted by Crippen LogP contribution is 2.25. The summed E-state index contributed by atoms with van der Waals surface area (Å²) in [5.41, 5.74) is 10.1. The van der Waals surface area contributed by atoms with Crippen LogP contribution in [0.1, 0.15) is 72.1 Å². The van der Waals surface area contributed by atoms with Crippen LogP contribution in [0.4, 0.5) is 0 Å². The van der Waals surface area contributed by atoms with Gasteiger partial charge in [-0.1, -0.05) is 105 Å². The maximum atomic E-state index is 3.98. The van der Waals surface area contributed by atoms with Crippen LogP contribution in [0.25, 0.3) is 11.1 Å². The molecule has 0 saturated carbocycles. The maximum absolute atomic E-state index is 3.98. The molecular weight excluding hydrogens is 348 g/mol. The van der Waals surface area contributed by atoms with Gasteiger partial charge in [-0.05, 0) is 76.3 Å². The van der Waals surface area contributed by atoms with Gasteiger partial charge in [0.1, 0.15) is 0 Å². The molecule has 1 rings (SSSR count). The topological polar surface area (TPSA) is 0 Å². The molecule has 0 aliphatic heterocycles. The lowest BCUT2D eigenvalue weighted by atomic mass is 9.94. The zero-order valence-corrected chi connectivity index (χ0v) is 20.3. The van der Waals surface area contributed by atoms with Crippen molar-refractivity contribution in [3.63, 3.8) is 0 Å². The quantitative estimate of drug-likeness (QED) is 0.424. The number of hydrogen-bond acceptors (Lipinski definition) is 0. The van der Waals surface area contributed by atoms with Crippen LogP contribution in [-0.4, -0.2) is 0 Å². The Labute approximate surface area is 181 Å². The fourth-order valence-electron chi connectivity index (χ4n) is 2.59. The van der Waals surface area contributed by atoms with Gasteiger partial charge in [0, 0.05) is 0 Å². The molecule has 0 aromatic heterocycles. The zero-order chi connectivity index (χ0) is 23.0. The molecule has 0 saturated heterocycles. The maximum Gasteiger partial charge on any atom is -0.0195 e. The predicted octanol–water partition coefficient (Wildman–Crippen LogP) is 9.67. The summed E-state index contributed by atoms with van der Waals surface area (Å²) < 4.78 is 0. The fraction of sp³-hybridized carbons (Fsp3) is 0.310. The average Bonchev–Trinajstić information content (AvgIpc) is 2.67. The number of allylic oxidation sites excluding steroid dienone is 11. The van der Waals surface area contributed by atoms with E-state index in [4.69, 9.17) is 0 Å². The monoisotopic (exact) mass is 390 g/mol. The van der Waals surface area contributed by atoms with Crippen LogP contribution in [0, 0.1) is 6.92 Å². The molecule has 0 N–H and O–H groups in total. The first-order valence-electron chi connectivity index (χ1n) is 10.3. The molecule has 29 heavy (non-hydrogen) atoms. The van der Waals surface area contributed by atoms with E-state index < -0.39 is 0 Å². The molecule has 1 aromatic rings. The van der Waals surface area contributed by atoms with Crippen LogP contribution in [0.5, 0.6) is 0 Å². The molecule has 0 unspecified atom stereocenters. The molecule has 0 amide bonds. The van der Waals surface area contributed by atoms with E-state index in [1.807, 2.05) is 32.9 Å². The van der Waals surface area contributed by atoms with E-state index >= 15 is 0 Å². The van der Waals surface area contributed by atoms with Crippen LogP contribution >= 0.6 is 0 Å². The van der Waals surface area contributed by atoms with Crippen molar-refractivity contribution in [3.05, 3.63) is 108 Å². The third-order valence-corrected chi connectivity index (χ3v) is 4.09. The summed E-state index contributed by atoms with van der Waals surface area (Å²) in [4.78, 5) is 0. The smallest absolute Gasteiger partial charge is 0.0195 e. The van der Waals surface area contributed by atoms with Crippen LogP contribution in [0.3, 0.4) is 0 Å². The van der Waals surface area contributed by atoms with Gasteiger partial charge < -0.3 is 0 Å². The van der Waals surface area contributed by atoms with Gasteiger partial charge in [0.25, 0.3) is 0 Å². The molecule has 0 heteroatoms. The van der Waals surface area contributed by atoms with Gasteiger partial charge in [-0.15, -0.1) is 0 Å². The average molecular weight is 391 g/mol. The minimum atomic E-state index is 1.11. The molecule has 0 heterocycles. The van der Waals surface area contributed by atoms with Crippen LogP contribution < -0.4 is 0 Å². The van der Waals surface area contributed by atoms with Crippen molar-refractivity contribution < 1.29 is 0 Å². The Bertz CT molecular complexity index is 785. The van der Waals surface area contributed by atoms with Crippen molar-refractivity contribution in [2.75, 3.05) is 0 Å². The predicted molar refractivity (Wildman–Crippen MR) is 138 cm³/mol. The lowest BCUT2D eigenvalue weighted by molar-refractivity contribution is 1.35. The van der Waals surface area contributed by atoms with Crippen molar-refractivity contribution in [1.29, 1.82) is 0 Å². The van der Waals surface area contributed by atoms with Gasteiger partial charge in [0.2, 0.25) is 0 Å². The highest BCUT2D eigenvalue weighted by molar-refractivity contribution is 5.73. The molecule has 0 atom stereocenters. The van der Waals surface area contributed by atoms with Gasteiger partial charge in [0.05, 0.1) is 0 Å². The highest BCUT2D eigenvalue weighted by Gasteiger charge is 2.04. The van der Waals surface area contributed by atoms with Crippen LogP contribution in [-0.2, 0) is 0 Å². The second-order valence-corrected chi connectivity index (χ2v) is 7.08. The molecular formula is C29H42. The van der Waals surface area contributed by atoms with Crippen molar-refractivity contribution in [3.8, 4) is 0 Å². The number of hydrogen-bond donors (Lipinski definition) is 0. The summed E-state index contributed by atoms with van der Waals surface area (Å²) >= 11 is 0. The lowest BCUT2D eigenvalue weighted by Gasteiger charge is -2.11. The second-order valence-electron chi connectivity index (χ2n) is 7.08. The van der Waals surface area contributed by atoms with E-state index in [2.05, 4.69) is 91.6 Å². The van der Waals surface area contributed by atoms with Gasteiger partial charge in [-0.2, -0.15) is 0 Å². The van der Waals surface area contributed by atoms with Crippen LogP contribution in [0.15, 0.2) is 91.1 Å².